The highest BCUT2D eigenvalue weighted by molar-refractivity contribution is 6.35. The number of carbonyl (C=O) groups excluding carboxylic acids is 1. The molecular weight excluding hydrogens is 301 g/mol. The van der Waals surface area contributed by atoms with Gasteiger partial charge >= 0.3 is 5.97 Å². The quantitative estimate of drug-likeness (QED) is 0.910. The first kappa shape index (κ1) is 15.1. The molecule has 2 rings (SSSR count). The molecule has 1 N–H and O–H groups in total. The Morgan fingerprint density at radius 3 is 2.65 bits per heavy atom. The number of benzene rings is 1. The van der Waals surface area contributed by atoms with Gasteiger partial charge < -0.3 is 10.0 Å². The van der Waals surface area contributed by atoms with Crippen molar-refractivity contribution in [1.82, 2.24) is 4.90 Å². The number of nitrogens with zero attached hydrogens (tertiary/aromatic N) is 1. The number of hydrogen-bond donors (Lipinski definition) is 1. The van der Waals surface area contributed by atoms with Crippen molar-refractivity contribution in [2.24, 2.45) is 5.92 Å². The Morgan fingerprint density at radius 2 is 2.00 bits per heavy atom. The summed E-state index contributed by atoms with van der Waals surface area (Å²) in [5.41, 5.74) is 0.317. The molecule has 1 amide bonds. The van der Waals surface area contributed by atoms with E-state index in [2.05, 4.69) is 0 Å². The van der Waals surface area contributed by atoms with Crippen LogP contribution in [0.2, 0.25) is 10.0 Å². The van der Waals surface area contributed by atoms with Crippen LogP contribution in [0.4, 0.5) is 0 Å². The van der Waals surface area contributed by atoms with Gasteiger partial charge in [-0.05, 0) is 38.0 Å². The number of aliphatic carboxylic acids is 1. The van der Waals surface area contributed by atoms with Crippen molar-refractivity contribution in [2.45, 2.75) is 25.8 Å². The molecule has 0 aromatic heterocycles. The van der Waals surface area contributed by atoms with Crippen molar-refractivity contribution in [3.63, 3.8) is 0 Å². The summed E-state index contributed by atoms with van der Waals surface area (Å²) in [6, 6.07) is 4.69. The first-order valence-electron chi connectivity index (χ1n) is 6.39. The lowest BCUT2D eigenvalue weighted by atomic mass is 9.93. The van der Waals surface area contributed by atoms with Crippen molar-refractivity contribution in [3.05, 3.63) is 33.8 Å². The van der Waals surface area contributed by atoms with Gasteiger partial charge in [0.15, 0.2) is 0 Å². The van der Waals surface area contributed by atoms with Gasteiger partial charge in [-0.1, -0.05) is 23.2 Å². The smallest absolute Gasteiger partial charge is 0.308 e. The summed E-state index contributed by atoms with van der Waals surface area (Å²) in [6.45, 7) is 2.12. The molecule has 0 spiro atoms. The molecule has 1 fully saturated rings. The predicted molar refractivity (Wildman–Crippen MR) is 77.3 cm³/mol. The van der Waals surface area contributed by atoms with Gasteiger partial charge in [0.05, 0.1) is 16.5 Å². The minimum Gasteiger partial charge on any atom is -0.481 e. The van der Waals surface area contributed by atoms with E-state index in [-0.39, 0.29) is 18.5 Å². The maximum absolute atomic E-state index is 12.5. The lowest BCUT2D eigenvalue weighted by molar-refractivity contribution is -0.143. The molecule has 4 nitrogen and oxygen atoms in total. The third-order valence-electron chi connectivity index (χ3n) is 3.65. The number of carbonyl (C=O) groups is 2. The summed E-state index contributed by atoms with van der Waals surface area (Å²) >= 11 is 11.9. The molecule has 1 heterocycles. The number of carboxylic acids is 1. The van der Waals surface area contributed by atoms with Crippen molar-refractivity contribution in [3.8, 4) is 0 Å². The fraction of sp³-hybridized carbons (Fsp3) is 0.429. The average Bonchev–Trinajstić information content (AvgIpc) is 2.41. The number of carboxylic acid groups (broad SMARTS) is 1. The van der Waals surface area contributed by atoms with Gasteiger partial charge in [-0.25, -0.2) is 0 Å². The summed E-state index contributed by atoms with van der Waals surface area (Å²) < 4.78 is 0. The molecule has 0 saturated carbocycles. The summed E-state index contributed by atoms with van der Waals surface area (Å²) in [4.78, 5) is 25.2. The van der Waals surface area contributed by atoms with Gasteiger partial charge in [0.2, 0.25) is 0 Å². The van der Waals surface area contributed by atoms with E-state index in [4.69, 9.17) is 28.3 Å². The molecule has 0 radical (unpaired) electrons. The van der Waals surface area contributed by atoms with Crippen molar-refractivity contribution in [2.75, 3.05) is 6.54 Å². The summed E-state index contributed by atoms with van der Waals surface area (Å²) in [7, 11) is 0. The molecule has 0 aliphatic carbocycles. The number of rotatable bonds is 2. The summed E-state index contributed by atoms with van der Waals surface area (Å²) in [5.74, 6) is -1.66. The molecule has 1 aliphatic rings. The highest BCUT2D eigenvalue weighted by atomic mass is 35.5. The molecule has 1 aromatic carbocycles. The van der Waals surface area contributed by atoms with E-state index in [9.17, 15) is 9.59 Å². The topological polar surface area (TPSA) is 57.6 Å². The summed E-state index contributed by atoms with van der Waals surface area (Å²) in [5, 5.41) is 9.86. The third kappa shape index (κ3) is 3.07. The zero-order valence-corrected chi connectivity index (χ0v) is 12.5. The van der Waals surface area contributed by atoms with Crippen LogP contribution in [0.5, 0.6) is 0 Å². The Bertz CT molecular complexity index is 547. The Morgan fingerprint density at radius 1 is 1.30 bits per heavy atom. The van der Waals surface area contributed by atoms with E-state index < -0.39 is 11.9 Å². The van der Waals surface area contributed by atoms with Gasteiger partial charge in [0.1, 0.15) is 0 Å². The largest absolute Gasteiger partial charge is 0.481 e. The zero-order chi connectivity index (χ0) is 14.9. The van der Waals surface area contributed by atoms with E-state index in [0.29, 0.717) is 28.5 Å². The highest BCUT2D eigenvalue weighted by Gasteiger charge is 2.33. The molecular formula is C14H15Cl2NO3. The second-order valence-corrected chi connectivity index (χ2v) is 5.89. The Hall–Kier alpha value is -1.26. The monoisotopic (exact) mass is 315 g/mol. The number of amides is 1. The second kappa shape index (κ2) is 6.02. The van der Waals surface area contributed by atoms with E-state index in [0.717, 1.165) is 0 Å². The molecule has 1 aromatic rings. The van der Waals surface area contributed by atoms with Crippen LogP contribution in [0.15, 0.2) is 18.2 Å². The molecule has 2 atom stereocenters. The predicted octanol–water partition coefficient (Wildman–Crippen LogP) is 3.32. The fourth-order valence-corrected chi connectivity index (χ4v) is 2.78. The SMILES string of the molecule is CC1CCC(C(=O)O)CN1C(=O)c1cc(Cl)ccc1Cl. The van der Waals surface area contributed by atoms with Crippen LogP contribution < -0.4 is 0 Å². The van der Waals surface area contributed by atoms with Crippen molar-refractivity contribution < 1.29 is 14.7 Å². The van der Waals surface area contributed by atoms with E-state index >= 15 is 0 Å². The van der Waals surface area contributed by atoms with Crippen LogP contribution in [-0.4, -0.2) is 34.5 Å². The molecule has 1 aliphatic heterocycles. The zero-order valence-electron chi connectivity index (χ0n) is 11.0. The fourth-order valence-electron chi connectivity index (χ4n) is 2.41. The Kier molecular flexibility index (Phi) is 4.55. The standard InChI is InChI=1S/C14H15Cl2NO3/c1-8-2-3-9(14(19)20)7-17(8)13(18)11-6-10(15)4-5-12(11)16/h4-6,8-9H,2-3,7H2,1H3,(H,19,20). The lowest BCUT2D eigenvalue weighted by Gasteiger charge is -2.36. The Labute approximate surface area is 127 Å². The molecule has 6 heteroatoms. The van der Waals surface area contributed by atoms with Crippen LogP contribution in [0.25, 0.3) is 0 Å². The van der Waals surface area contributed by atoms with Crippen LogP contribution in [0.3, 0.4) is 0 Å². The normalized spacial score (nSPS) is 22.6. The minimum absolute atomic E-state index is 0.00634. The number of halogens is 2. The van der Waals surface area contributed by atoms with Crippen molar-refractivity contribution >= 4 is 35.1 Å². The molecule has 2 unspecified atom stereocenters. The third-order valence-corrected chi connectivity index (χ3v) is 4.22. The van der Waals surface area contributed by atoms with Crippen LogP contribution in [-0.2, 0) is 4.79 Å². The Balaban J connectivity index is 2.26. The molecule has 20 heavy (non-hydrogen) atoms. The van der Waals surface area contributed by atoms with Crippen LogP contribution in [0.1, 0.15) is 30.1 Å². The maximum atomic E-state index is 12.5. The molecule has 108 valence electrons. The van der Waals surface area contributed by atoms with Gasteiger partial charge in [0.25, 0.3) is 5.91 Å². The average molecular weight is 316 g/mol. The highest BCUT2D eigenvalue weighted by Crippen LogP contribution is 2.27. The van der Waals surface area contributed by atoms with Crippen LogP contribution in [0, 0.1) is 5.92 Å². The van der Waals surface area contributed by atoms with Gasteiger partial charge in [0, 0.05) is 17.6 Å². The first-order chi connectivity index (χ1) is 9.40. The van der Waals surface area contributed by atoms with Gasteiger partial charge in [-0.2, -0.15) is 0 Å². The van der Waals surface area contributed by atoms with E-state index in [1.54, 1.807) is 17.0 Å². The number of piperidine rings is 1. The first-order valence-corrected chi connectivity index (χ1v) is 7.14. The summed E-state index contributed by atoms with van der Waals surface area (Å²) in [6.07, 6.45) is 1.25. The van der Waals surface area contributed by atoms with Gasteiger partial charge in [-0.15, -0.1) is 0 Å². The number of likely N-dealkylation sites (tertiary alicyclic amines) is 1. The van der Waals surface area contributed by atoms with Gasteiger partial charge in [-0.3, -0.25) is 9.59 Å². The molecule has 1 saturated heterocycles. The lowest BCUT2D eigenvalue weighted by Crippen LogP contribution is -2.47. The minimum atomic E-state index is -0.869. The molecule has 0 bridgehead atoms. The van der Waals surface area contributed by atoms with Crippen LogP contribution >= 0.6 is 23.2 Å². The maximum Gasteiger partial charge on any atom is 0.308 e. The van der Waals surface area contributed by atoms with Crippen molar-refractivity contribution in [1.29, 1.82) is 0 Å². The second-order valence-electron chi connectivity index (χ2n) is 5.04. The number of hydrogen-bond acceptors (Lipinski definition) is 2. The van der Waals surface area contributed by atoms with E-state index in [1.807, 2.05) is 6.92 Å². The van der Waals surface area contributed by atoms with E-state index in [1.165, 1.54) is 6.07 Å².